The van der Waals surface area contributed by atoms with E-state index in [-0.39, 0.29) is 5.91 Å². The summed E-state index contributed by atoms with van der Waals surface area (Å²) < 4.78 is 11.6. The van der Waals surface area contributed by atoms with Crippen molar-refractivity contribution in [2.45, 2.75) is 6.92 Å². The highest BCUT2D eigenvalue weighted by Crippen LogP contribution is 2.34. The standard InChI is InChI=1S/C20H18BrNO3S/c1-12-10-16(24-2)17(25-3)11-15(12)22-20(23)19-9-8-18(26-19)13-4-6-14(21)7-5-13/h4-11H,1-3H3,(H,22,23). The van der Waals surface area contributed by atoms with Crippen LogP contribution >= 0.6 is 27.3 Å². The first kappa shape index (κ1) is 18.5. The van der Waals surface area contributed by atoms with Gasteiger partial charge in [-0.3, -0.25) is 4.79 Å². The fraction of sp³-hybridized carbons (Fsp3) is 0.150. The van der Waals surface area contributed by atoms with Crippen LogP contribution in [0.25, 0.3) is 10.4 Å². The predicted molar refractivity (Wildman–Crippen MR) is 110 cm³/mol. The summed E-state index contributed by atoms with van der Waals surface area (Å²) in [6.07, 6.45) is 0. The van der Waals surface area contributed by atoms with E-state index in [0.29, 0.717) is 22.1 Å². The molecule has 1 aromatic heterocycles. The van der Waals surface area contributed by atoms with Gasteiger partial charge in [-0.05, 0) is 48.4 Å². The van der Waals surface area contributed by atoms with Crippen LogP contribution in [0.1, 0.15) is 15.2 Å². The molecule has 0 fully saturated rings. The van der Waals surface area contributed by atoms with Gasteiger partial charge in [0.2, 0.25) is 0 Å². The van der Waals surface area contributed by atoms with Crippen LogP contribution < -0.4 is 14.8 Å². The van der Waals surface area contributed by atoms with Crippen LogP contribution in [0.5, 0.6) is 11.5 Å². The molecule has 0 spiro atoms. The number of anilines is 1. The Balaban J connectivity index is 1.82. The molecule has 0 bridgehead atoms. The van der Waals surface area contributed by atoms with E-state index in [1.165, 1.54) is 11.3 Å². The molecule has 0 saturated heterocycles. The third kappa shape index (κ3) is 3.92. The molecule has 2 aromatic carbocycles. The zero-order valence-corrected chi connectivity index (χ0v) is 17.0. The predicted octanol–water partition coefficient (Wildman–Crippen LogP) is 5.76. The van der Waals surface area contributed by atoms with Crippen LogP contribution in [0.3, 0.4) is 0 Å². The fourth-order valence-corrected chi connectivity index (χ4v) is 3.70. The van der Waals surface area contributed by atoms with Gasteiger partial charge in [0.1, 0.15) is 0 Å². The molecule has 134 valence electrons. The average molecular weight is 432 g/mol. The molecule has 6 heteroatoms. The van der Waals surface area contributed by atoms with Crippen LogP contribution in [-0.2, 0) is 0 Å². The minimum Gasteiger partial charge on any atom is -0.493 e. The third-order valence-corrected chi connectivity index (χ3v) is 5.60. The molecule has 0 atom stereocenters. The average Bonchev–Trinajstić information content (AvgIpc) is 3.13. The lowest BCUT2D eigenvalue weighted by molar-refractivity contribution is 0.103. The molecule has 1 heterocycles. The molecule has 1 amide bonds. The first-order chi connectivity index (χ1) is 12.5. The molecule has 1 N–H and O–H groups in total. The number of methoxy groups -OCH3 is 2. The van der Waals surface area contributed by atoms with Gasteiger partial charge in [-0.15, -0.1) is 11.3 Å². The second-order valence-electron chi connectivity index (χ2n) is 5.65. The Bertz CT molecular complexity index is 935. The van der Waals surface area contributed by atoms with Crippen LogP contribution in [0.2, 0.25) is 0 Å². The SMILES string of the molecule is COc1cc(C)c(NC(=O)c2ccc(-c3ccc(Br)cc3)s2)cc1OC. The van der Waals surface area contributed by atoms with Crippen molar-refractivity contribution in [3.05, 3.63) is 63.4 Å². The van der Waals surface area contributed by atoms with E-state index >= 15 is 0 Å². The van der Waals surface area contributed by atoms with E-state index in [1.807, 2.05) is 49.4 Å². The molecular formula is C20H18BrNO3S. The van der Waals surface area contributed by atoms with Gasteiger partial charge < -0.3 is 14.8 Å². The molecule has 0 radical (unpaired) electrons. The maximum Gasteiger partial charge on any atom is 0.265 e. The summed E-state index contributed by atoms with van der Waals surface area (Å²) in [7, 11) is 3.16. The molecule has 4 nitrogen and oxygen atoms in total. The molecule has 0 aliphatic rings. The third-order valence-electron chi connectivity index (χ3n) is 3.94. The number of aryl methyl sites for hydroxylation is 1. The number of hydrogen-bond donors (Lipinski definition) is 1. The van der Waals surface area contributed by atoms with Gasteiger partial charge in [0, 0.05) is 21.1 Å². The van der Waals surface area contributed by atoms with E-state index in [9.17, 15) is 4.79 Å². The minimum atomic E-state index is -0.145. The molecule has 3 aromatic rings. The Morgan fingerprint density at radius 1 is 1.00 bits per heavy atom. The fourth-order valence-electron chi connectivity index (χ4n) is 2.53. The number of carbonyl (C=O) groups is 1. The summed E-state index contributed by atoms with van der Waals surface area (Å²) in [5, 5.41) is 2.95. The number of halogens is 1. The van der Waals surface area contributed by atoms with Crippen LogP contribution in [-0.4, -0.2) is 20.1 Å². The van der Waals surface area contributed by atoms with E-state index < -0.39 is 0 Å². The van der Waals surface area contributed by atoms with Gasteiger partial charge in [0.15, 0.2) is 11.5 Å². The minimum absolute atomic E-state index is 0.145. The lowest BCUT2D eigenvalue weighted by Gasteiger charge is -2.13. The molecular weight excluding hydrogens is 414 g/mol. The molecule has 26 heavy (non-hydrogen) atoms. The highest BCUT2D eigenvalue weighted by Gasteiger charge is 2.14. The van der Waals surface area contributed by atoms with Crippen molar-refractivity contribution >= 4 is 38.9 Å². The number of hydrogen-bond acceptors (Lipinski definition) is 4. The van der Waals surface area contributed by atoms with E-state index in [0.717, 1.165) is 20.5 Å². The first-order valence-electron chi connectivity index (χ1n) is 7.91. The monoisotopic (exact) mass is 431 g/mol. The second kappa shape index (κ2) is 7.93. The molecule has 3 rings (SSSR count). The van der Waals surface area contributed by atoms with Crippen molar-refractivity contribution in [2.24, 2.45) is 0 Å². The van der Waals surface area contributed by atoms with Gasteiger partial charge in [-0.1, -0.05) is 28.1 Å². The van der Waals surface area contributed by atoms with Gasteiger partial charge in [-0.2, -0.15) is 0 Å². The van der Waals surface area contributed by atoms with Crippen molar-refractivity contribution in [1.82, 2.24) is 0 Å². The van der Waals surface area contributed by atoms with Crippen molar-refractivity contribution in [1.29, 1.82) is 0 Å². The Kier molecular flexibility index (Phi) is 5.64. The Hall–Kier alpha value is -2.31. The topological polar surface area (TPSA) is 47.6 Å². The number of carbonyl (C=O) groups excluding carboxylic acids is 1. The summed E-state index contributed by atoms with van der Waals surface area (Å²) in [6, 6.07) is 15.4. The molecule has 0 saturated carbocycles. The van der Waals surface area contributed by atoms with E-state index in [4.69, 9.17) is 9.47 Å². The maximum atomic E-state index is 12.6. The normalized spacial score (nSPS) is 10.5. The lowest BCUT2D eigenvalue weighted by atomic mass is 10.1. The summed E-state index contributed by atoms with van der Waals surface area (Å²) in [4.78, 5) is 14.3. The number of rotatable bonds is 5. The summed E-state index contributed by atoms with van der Waals surface area (Å²) in [5.74, 6) is 1.07. The largest absolute Gasteiger partial charge is 0.493 e. The van der Waals surface area contributed by atoms with Crippen molar-refractivity contribution in [3.63, 3.8) is 0 Å². The number of ether oxygens (including phenoxy) is 2. The van der Waals surface area contributed by atoms with Gasteiger partial charge in [0.25, 0.3) is 5.91 Å². The van der Waals surface area contributed by atoms with Gasteiger partial charge in [-0.25, -0.2) is 0 Å². The Labute approximate surface area is 164 Å². The van der Waals surface area contributed by atoms with Crippen LogP contribution in [0.15, 0.2) is 53.0 Å². The zero-order chi connectivity index (χ0) is 18.7. The van der Waals surface area contributed by atoms with Crippen LogP contribution in [0.4, 0.5) is 5.69 Å². The molecule has 0 unspecified atom stereocenters. The van der Waals surface area contributed by atoms with Crippen LogP contribution in [0, 0.1) is 6.92 Å². The van der Waals surface area contributed by atoms with Crippen molar-refractivity contribution in [2.75, 3.05) is 19.5 Å². The highest BCUT2D eigenvalue weighted by molar-refractivity contribution is 9.10. The van der Waals surface area contributed by atoms with Gasteiger partial charge >= 0.3 is 0 Å². The maximum absolute atomic E-state index is 12.6. The summed E-state index contributed by atoms with van der Waals surface area (Å²) >= 11 is 4.89. The Morgan fingerprint density at radius 2 is 1.65 bits per heavy atom. The molecule has 0 aliphatic heterocycles. The molecule has 0 aliphatic carbocycles. The van der Waals surface area contributed by atoms with E-state index in [1.54, 1.807) is 20.3 Å². The quantitative estimate of drug-likeness (QED) is 0.558. The summed E-state index contributed by atoms with van der Waals surface area (Å²) in [6.45, 7) is 1.92. The number of nitrogens with one attached hydrogen (secondary N) is 1. The first-order valence-corrected chi connectivity index (χ1v) is 9.52. The Morgan fingerprint density at radius 3 is 2.31 bits per heavy atom. The highest BCUT2D eigenvalue weighted by atomic mass is 79.9. The smallest absolute Gasteiger partial charge is 0.265 e. The summed E-state index contributed by atoms with van der Waals surface area (Å²) in [5.41, 5.74) is 2.69. The second-order valence-corrected chi connectivity index (χ2v) is 7.65. The van der Waals surface area contributed by atoms with E-state index in [2.05, 4.69) is 21.2 Å². The number of thiophene rings is 1. The van der Waals surface area contributed by atoms with Crippen molar-refractivity contribution in [3.8, 4) is 21.9 Å². The van der Waals surface area contributed by atoms with Crippen molar-refractivity contribution < 1.29 is 14.3 Å². The van der Waals surface area contributed by atoms with Gasteiger partial charge in [0.05, 0.1) is 19.1 Å². The number of benzene rings is 2. The number of amides is 1. The zero-order valence-electron chi connectivity index (χ0n) is 14.6. The lowest BCUT2D eigenvalue weighted by Crippen LogP contribution is -2.11.